The van der Waals surface area contributed by atoms with Crippen LogP contribution in [0.15, 0.2) is 23.2 Å². The predicted molar refractivity (Wildman–Crippen MR) is 105 cm³/mol. The second kappa shape index (κ2) is 10.8. The van der Waals surface area contributed by atoms with E-state index in [1.54, 1.807) is 0 Å². The number of ether oxygens (including phenoxy) is 2. The van der Waals surface area contributed by atoms with Gasteiger partial charge in [-0.15, -0.1) is 24.0 Å². The van der Waals surface area contributed by atoms with Gasteiger partial charge < -0.3 is 20.1 Å². The van der Waals surface area contributed by atoms with Crippen molar-refractivity contribution in [3.05, 3.63) is 29.6 Å². The topological polar surface area (TPSA) is 54.9 Å². The number of aliphatic imine (C=N–C) groups is 1. The maximum Gasteiger partial charge on any atom is 0.387 e. The standard InChI is InChI=1S/C17H24F3N3O2.HI/c1-3-21-16(23-11-17(2)8-5-9-24-17)22-10-12-13(18)6-4-7-14(12)25-15(19)20;/h4,6-7,15H,3,5,8-11H2,1-2H3,(H2,21,22,23);1H. The highest BCUT2D eigenvalue weighted by atomic mass is 127. The Hall–Kier alpha value is -1.23. The third kappa shape index (κ3) is 6.82. The van der Waals surface area contributed by atoms with Crippen molar-refractivity contribution in [3.63, 3.8) is 0 Å². The molecule has 0 spiro atoms. The number of nitrogens with zero attached hydrogens (tertiary/aromatic N) is 1. The fraction of sp³-hybridized carbons (Fsp3) is 0.588. The van der Waals surface area contributed by atoms with Gasteiger partial charge in [-0.2, -0.15) is 8.78 Å². The van der Waals surface area contributed by atoms with Crippen LogP contribution in [0, 0.1) is 5.82 Å². The molecular weight excluding hydrogens is 462 g/mol. The summed E-state index contributed by atoms with van der Waals surface area (Å²) < 4.78 is 49.0. The molecule has 0 aliphatic carbocycles. The maximum absolute atomic E-state index is 14.0. The van der Waals surface area contributed by atoms with Crippen LogP contribution in [0.2, 0.25) is 0 Å². The van der Waals surface area contributed by atoms with E-state index >= 15 is 0 Å². The first-order chi connectivity index (χ1) is 11.9. The quantitative estimate of drug-likeness (QED) is 0.350. The van der Waals surface area contributed by atoms with Gasteiger partial charge in [-0.1, -0.05) is 6.07 Å². The van der Waals surface area contributed by atoms with Crippen LogP contribution >= 0.6 is 24.0 Å². The molecule has 1 unspecified atom stereocenters. The smallest absolute Gasteiger partial charge is 0.387 e. The molecule has 1 aromatic carbocycles. The van der Waals surface area contributed by atoms with Gasteiger partial charge in [0.1, 0.15) is 11.6 Å². The summed E-state index contributed by atoms with van der Waals surface area (Å²) in [6.45, 7) is 2.67. The number of guanidine groups is 1. The lowest BCUT2D eigenvalue weighted by atomic mass is 10.0. The highest BCUT2D eigenvalue weighted by Gasteiger charge is 2.29. The second-order valence-corrected chi connectivity index (χ2v) is 6.05. The Kier molecular flexibility index (Phi) is 9.48. The van der Waals surface area contributed by atoms with Crippen LogP contribution in [0.3, 0.4) is 0 Å². The van der Waals surface area contributed by atoms with E-state index in [9.17, 15) is 13.2 Å². The van der Waals surface area contributed by atoms with Crippen LogP contribution in [0.25, 0.3) is 0 Å². The van der Waals surface area contributed by atoms with Gasteiger partial charge in [0.2, 0.25) is 0 Å². The Labute approximate surface area is 168 Å². The minimum absolute atomic E-state index is 0. The van der Waals surface area contributed by atoms with Crippen LogP contribution < -0.4 is 15.4 Å². The molecule has 5 nitrogen and oxygen atoms in total. The molecule has 9 heteroatoms. The third-order valence-electron chi connectivity index (χ3n) is 3.96. The molecule has 0 radical (unpaired) electrons. The van der Waals surface area contributed by atoms with E-state index in [0.717, 1.165) is 19.4 Å². The van der Waals surface area contributed by atoms with Crippen molar-refractivity contribution >= 4 is 29.9 Å². The molecule has 1 heterocycles. The van der Waals surface area contributed by atoms with E-state index in [4.69, 9.17) is 4.74 Å². The van der Waals surface area contributed by atoms with Gasteiger partial charge in [-0.3, -0.25) is 0 Å². The normalized spacial score (nSPS) is 20.0. The lowest BCUT2D eigenvalue weighted by molar-refractivity contribution is -0.0506. The molecular formula is C17H25F3IN3O2. The van der Waals surface area contributed by atoms with Crippen LogP contribution in [0.5, 0.6) is 5.75 Å². The molecule has 1 fully saturated rings. The maximum atomic E-state index is 14.0. The minimum Gasteiger partial charge on any atom is -0.434 e. The van der Waals surface area contributed by atoms with Crippen molar-refractivity contribution < 1.29 is 22.6 Å². The molecule has 1 saturated heterocycles. The summed E-state index contributed by atoms with van der Waals surface area (Å²) >= 11 is 0. The van der Waals surface area contributed by atoms with Gasteiger partial charge in [0.25, 0.3) is 0 Å². The molecule has 1 aliphatic rings. The number of halogens is 4. The molecule has 1 atom stereocenters. The highest BCUT2D eigenvalue weighted by molar-refractivity contribution is 14.0. The average Bonchev–Trinajstić information content (AvgIpc) is 2.98. The summed E-state index contributed by atoms with van der Waals surface area (Å²) in [4.78, 5) is 4.28. The first-order valence-electron chi connectivity index (χ1n) is 8.32. The van der Waals surface area contributed by atoms with Crippen LogP contribution in [0.4, 0.5) is 13.2 Å². The van der Waals surface area contributed by atoms with Crippen LogP contribution in [0.1, 0.15) is 32.3 Å². The Morgan fingerprint density at radius 2 is 2.15 bits per heavy atom. The Bertz CT molecular complexity index is 597. The van der Waals surface area contributed by atoms with Crippen molar-refractivity contribution in [3.8, 4) is 5.75 Å². The zero-order valence-corrected chi connectivity index (χ0v) is 17.2. The number of rotatable bonds is 7. The molecule has 0 aromatic heterocycles. The molecule has 0 amide bonds. The van der Waals surface area contributed by atoms with E-state index in [1.165, 1.54) is 18.2 Å². The number of hydrogen-bond donors (Lipinski definition) is 2. The lowest BCUT2D eigenvalue weighted by Crippen LogP contribution is -2.45. The molecule has 1 aromatic rings. The minimum atomic E-state index is -3.02. The molecule has 1 aliphatic heterocycles. The number of alkyl halides is 2. The molecule has 148 valence electrons. The van der Waals surface area contributed by atoms with Gasteiger partial charge in [-0.25, -0.2) is 9.38 Å². The number of benzene rings is 1. The monoisotopic (exact) mass is 487 g/mol. The zero-order chi connectivity index (χ0) is 18.3. The van der Waals surface area contributed by atoms with Gasteiger partial charge in [0, 0.05) is 19.7 Å². The van der Waals surface area contributed by atoms with Crippen LogP contribution in [-0.2, 0) is 11.3 Å². The highest BCUT2D eigenvalue weighted by Crippen LogP contribution is 2.25. The summed E-state index contributed by atoms with van der Waals surface area (Å²) in [6.07, 6.45) is 1.95. The molecule has 0 bridgehead atoms. The van der Waals surface area contributed by atoms with Gasteiger partial charge in [-0.05, 0) is 38.8 Å². The Balaban J connectivity index is 0.00000338. The Morgan fingerprint density at radius 1 is 1.38 bits per heavy atom. The lowest BCUT2D eigenvalue weighted by Gasteiger charge is -2.24. The summed E-state index contributed by atoms with van der Waals surface area (Å²) in [5.74, 6) is -0.380. The van der Waals surface area contributed by atoms with Crippen LogP contribution in [-0.4, -0.2) is 37.9 Å². The van der Waals surface area contributed by atoms with Crippen molar-refractivity contribution in [2.24, 2.45) is 4.99 Å². The van der Waals surface area contributed by atoms with E-state index in [1.807, 2.05) is 13.8 Å². The predicted octanol–water partition coefficient (Wildman–Crippen LogP) is 3.67. The summed E-state index contributed by atoms with van der Waals surface area (Å²) in [6, 6.07) is 3.81. The summed E-state index contributed by atoms with van der Waals surface area (Å²) in [7, 11) is 0. The molecule has 26 heavy (non-hydrogen) atoms. The molecule has 2 rings (SSSR count). The third-order valence-corrected chi connectivity index (χ3v) is 3.96. The van der Waals surface area contributed by atoms with Crippen molar-refractivity contribution in [1.29, 1.82) is 0 Å². The van der Waals surface area contributed by atoms with Crippen molar-refractivity contribution in [1.82, 2.24) is 10.6 Å². The fourth-order valence-electron chi connectivity index (χ4n) is 2.65. The first-order valence-corrected chi connectivity index (χ1v) is 8.32. The Morgan fingerprint density at radius 3 is 2.77 bits per heavy atom. The first kappa shape index (κ1) is 22.8. The SMILES string of the molecule is CCNC(=NCc1c(F)cccc1OC(F)F)NCC1(C)CCCO1.I. The summed E-state index contributed by atoms with van der Waals surface area (Å²) in [5.41, 5.74) is -0.277. The van der Waals surface area contributed by atoms with Gasteiger partial charge in [0.05, 0.1) is 17.7 Å². The van der Waals surface area contributed by atoms with Crippen molar-refractivity contribution in [2.75, 3.05) is 19.7 Å². The van der Waals surface area contributed by atoms with Gasteiger partial charge >= 0.3 is 6.61 Å². The fourth-order valence-corrected chi connectivity index (χ4v) is 2.65. The molecule has 2 N–H and O–H groups in total. The largest absolute Gasteiger partial charge is 0.434 e. The van der Waals surface area contributed by atoms with Crippen molar-refractivity contribution in [2.45, 2.75) is 45.4 Å². The van der Waals surface area contributed by atoms with E-state index in [2.05, 4.69) is 20.4 Å². The number of hydrogen-bond acceptors (Lipinski definition) is 3. The molecule has 0 saturated carbocycles. The number of nitrogens with one attached hydrogen (secondary N) is 2. The van der Waals surface area contributed by atoms with E-state index in [-0.39, 0.29) is 47.4 Å². The zero-order valence-electron chi connectivity index (χ0n) is 14.9. The van der Waals surface area contributed by atoms with E-state index in [0.29, 0.717) is 19.0 Å². The van der Waals surface area contributed by atoms with Gasteiger partial charge in [0.15, 0.2) is 5.96 Å². The summed E-state index contributed by atoms with van der Waals surface area (Å²) in [5, 5.41) is 6.20. The van der Waals surface area contributed by atoms with E-state index < -0.39 is 12.4 Å². The second-order valence-electron chi connectivity index (χ2n) is 6.05. The average molecular weight is 487 g/mol.